The molecular weight excluding hydrogens is 281 g/mol. The maximum absolute atomic E-state index is 12.4. The Morgan fingerprint density at radius 2 is 1.24 bits per heavy atom. The van der Waals surface area contributed by atoms with Crippen molar-refractivity contribution in [3.8, 4) is 0 Å². The van der Waals surface area contributed by atoms with Gasteiger partial charge in [0.2, 0.25) is 0 Å². The van der Waals surface area contributed by atoms with Gasteiger partial charge in [0.1, 0.15) is 6.94 Å². The van der Waals surface area contributed by atoms with E-state index >= 15 is 0 Å². The summed E-state index contributed by atoms with van der Waals surface area (Å²) in [5.41, 5.74) is -4.20. The van der Waals surface area contributed by atoms with Crippen LogP contribution in [0.25, 0.3) is 0 Å². The number of allylic oxidation sites excluding steroid dienone is 2. The van der Waals surface area contributed by atoms with Gasteiger partial charge < -0.3 is 0 Å². The molecule has 102 valence electrons. The van der Waals surface area contributed by atoms with Crippen LogP contribution in [0.3, 0.4) is 0 Å². The molecule has 0 saturated heterocycles. The normalized spacial score (nSPS) is 17.7. The van der Waals surface area contributed by atoms with E-state index in [1.54, 1.807) is 0 Å². The van der Waals surface area contributed by atoms with E-state index in [2.05, 4.69) is 0 Å². The van der Waals surface area contributed by atoms with Crippen molar-refractivity contribution in [2.75, 3.05) is 0 Å². The predicted octanol–water partition coefficient (Wildman–Crippen LogP) is 4.24. The summed E-state index contributed by atoms with van der Waals surface area (Å²) < 4.78 is 136. The largest absolute Gasteiger partial charge is 0.460 e. The molecule has 0 amide bonds. The summed E-state index contributed by atoms with van der Waals surface area (Å²) in [7, 11) is 0. The standard InChI is InChI=1S/C6HF11/c7-2(4(10,11)6(15,16)17)1(3(8)9)5(12,13)14/h3H/i3D. The Kier molecular flexibility index (Phi) is 3.58. The van der Waals surface area contributed by atoms with Gasteiger partial charge >= 0.3 is 18.3 Å². The zero-order valence-electron chi connectivity index (χ0n) is 8.16. The first-order valence-electron chi connectivity index (χ1n) is 3.83. The molecule has 0 atom stereocenters. The van der Waals surface area contributed by atoms with E-state index in [1.807, 2.05) is 0 Å². The molecule has 11 heteroatoms. The molecule has 0 spiro atoms. The second kappa shape index (κ2) is 4.33. The highest BCUT2D eigenvalue weighted by atomic mass is 19.4. The van der Waals surface area contributed by atoms with E-state index in [1.165, 1.54) is 0 Å². The third-order valence-corrected chi connectivity index (χ3v) is 1.32. The second-order valence-corrected chi connectivity index (χ2v) is 2.52. The average Bonchev–Trinajstić information content (AvgIpc) is 1.95. The first kappa shape index (κ1) is 14.0. The van der Waals surface area contributed by atoms with Crippen molar-refractivity contribution in [1.82, 2.24) is 0 Å². The molecule has 0 rings (SSSR count). The maximum atomic E-state index is 12.4. The third-order valence-electron chi connectivity index (χ3n) is 1.32. The smallest absolute Gasteiger partial charge is 0.205 e. The minimum absolute atomic E-state index is 4.20. The number of hydrogen-bond donors (Lipinski definition) is 0. The van der Waals surface area contributed by atoms with Crippen LogP contribution in [0.15, 0.2) is 11.4 Å². The Labute approximate surface area is 87.1 Å². The van der Waals surface area contributed by atoms with Crippen molar-refractivity contribution in [3.05, 3.63) is 11.4 Å². The minimum Gasteiger partial charge on any atom is -0.205 e. The van der Waals surface area contributed by atoms with Gasteiger partial charge in [-0.05, 0) is 0 Å². The fourth-order valence-electron chi connectivity index (χ4n) is 0.596. The molecule has 0 bridgehead atoms. The van der Waals surface area contributed by atoms with Crippen LogP contribution in [0, 0.1) is 0 Å². The van der Waals surface area contributed by atoms with Crippen molar-refractivity contribution in [2.24, 2.45) is 0 Å². The van der Waals surface area contributed by atoms with Gasteiger partial charge in [-0.3, -0.25) is 0 Å². The number of halogens is 11. The van der Waals surface area contributed by atoms with Crippen LogP contribution in [-0.4, -0.2) is 24.7 Å². The molecular formula is C6HF11. The summed E-state index contributed by atoms with van der Waals surface area (Å²) in [6.07, 6.45) is -19.4. The zero-order chi connectivity index (χ0) is 15.2. The van der Waals surface area contributed by atoms with Crippen molar-refractivity contribution < 1.29 is 49.7 Å². The molecule has 0 aliphatic rings. The van der Waals surface area contributed by atoms with Gasteiger partial charge in [-0.25, -0.2) is 13.2 Å². The molecule has 0 aliphatic heterocycles. The molecule has 0 aliphatic carbocycles. The van der Waals surface area contributed by atoms with Gasteiger partial charge in [-0.2, -0.15) is 35.1 Å². The van der Waals surface area contributed by atoms with Gasteiger partial charge in [-0.15, -0.1) is 0 Å². The molecule has 0 aromatic heterocycles. The Morgan fingerprint density at radius 3 is 1.41 bits per heavy atom. The van der Waals surface area contributed by atoms with Crippen LogP contribution < -0.4 is 0 Å². The minimum atomic E-state index is -6.85. The lowest BCUT2D eigenvalue weighted by atomic mass is 10.1. The summed E-state index contributed by atoms with van der Waals surface area (Å²) in [6.45, 7) is 0. The highest BCUT2D eigenvalue weighted by Crippen LogP contribution is 2.46. The monoisotopic (exact) mass is 283 g/mol. The van der Waals surface area contributed by atoms with E-state index in [-0.39, 0.29) is 0 Å². The summed E-state index contributed by atoms with van der Waals surface area (Å²) in [5.74, 6) is -11.2. The van der Waals surface area contributed by atoms with Crippen LogP contribution in [0.2, 0.25) is 0 Å². The summed E-state index contributed by atoms with van der Waals surface area (Å²) >= 11 is 0. The van der Waals surface area contributed by atoms with E-state index in [9.17, 15) is 48.3 Å². The van der Waals surface area contributed by atoms with Crippen molar-refractivity contribution in [3.63, 3.8) is 0 Å². The van der Waals surface area contributed by atoms with Gasteiger partial charge in [0.25, 0.3) is 6.40 Å². The molecule has 0 aromatic carbocycles. The van der Waals surface area contributed by atoms with Crippen LogP contribution in [0.1, 0.15) is 1.37 Å². The summed E-state index contributed by atoms with van der Waals surface area (Å²) in [6, 6.07) is 0. The fourth-order valence-corrected chi connectivity index (χ4v) is 0.596. The zero-order valence-corrected chi connectivity index (χ0v) is 7.16. The molecule has 0 saturated carbocycles. The SMILES string of the molecule is [2H]C(F)(F)C(=C(F)C(F)(F)C(F)(F)F)C(F)(F)F. The molecule has 0 fully saturated rings. The van der Waals surface area contributed by atoms with Crippen LogP contribution in [-0.2, 0) is 0 Å². The van der Waals surface area contributed by atoms with Crippen molar-refractivity contribution >= 4 is 0 Å². The Bertz CT molecular complexity index is 324. The molecule has 0 unspecified atom stereocenters. The molecule has 0 nitrogen and oxygen atoms in total. The van der Waals surface area contributed by atoms with Crippen LogP contribution >= 0.6 is 0 Å². The number of alkyl halides is 10. The van der Waals surface area contributed by atoms with Crippen molar-refractivity contribution in [2.45, 2.75) is 24.7 Å². The molecule has 0 heterocycles. The Morgan fingerprint density at radius 1 is 0.882 bits per heavy atom. The van der Waals surface area contributed by atoms with Gasteiger partial charge in [0.05, 0.1) is 0 Å². The highest BCUT2D eigenvalue weighted by molar-refractivity contribution is 5.23. The summed E-state index contributed by atoms with van der Waals surface area (Å²) in [4.78, 5) is 0. The topological polar surface area (TPSA) is 0 Å². The van der Waals surface area contributed by atoms with Gasteiger partial charge in [-0.1, -0.05) is 0 Å². The van der Waals surface area contributed by atoms with Crippen LogP contribution in [0.5, 0.6) is 0 Å². The second-order valence-electron chi connectivity index (χ2n) is 2.52. The lowest BCUT2D eigenvalue weighted by Crippen LogP contribution is -2.39. The summed E-state index contributed by atoms with van der Waals surface area (Å²) in [5, 5.41) is 0. The molecule has 17 heavy (non-hydrogen) atoms. The Hall–Kier alpha value is -1.03. The van der Waals surface area contributed by atoms with E-state index < -0.39 is 36.1 Å². The van der Waals surface area contributed by atoms with E-state index in [0.717, 1.165) is 0 Å². The molecule has 0 N–H and O–H groups in total. The first-order chi connectivity index (χ1) is 7.53. The van der Waals surface area contributed by atoms with E-state index in [0.29, 0.717) is 0 Å². The first-order valence-corrected chi connectivity index (χ1v) is 3.33. The third kappa shape index (κ3) is 3.22. The fraction of sp³-hybridized carbons (Fsp3) is 0.667. The quantitative estimate of drug-likeness (QED) is 0.665. The van der Waals surface area contributed by atoms with Crippen molar-refractivity contribution in [1.29, 1.82) is 0 Å². The Balaban J connectivity index is 6.11. The number of rotatable bonds is 2. The maximum Gasteiger partial charge on any atom is 0.460 e. The van der Waals surface area contributed by atoms with E-state index in [4.69, 9.17) is 1.37 Å². The molecule has 0 aromatic rings. The lowest BCUT2D eigenvalue weighted by molar-refractivity contribution is -0.272. The molecule has 0 radical (unpaired) electrons. The van der Waals surface area contributed by atoms with Gasteiger partial charge in [0, 0.05) is 0 Å². The highest BCUT2D eigenvalue weighted by Gasteiger charge is 2.64. The average molecular weight is 283 g/mol. The predicted molar refractivity (Wildman–Crippen MR) is 31.2 cm³/mol. The van der Waals surface area contributed by atoms with Gasteiger partial charge in [0.15, 0.2) is 5.83 Å². The lowest BCUT2D eigenvalue weighted by Gasteiger charge is -2.21. The number of hydrogen-bond acceptors (Lipinski definition) is 0. The van der Waals surface area contributed by atoms with Crippen LogP contribution in [0.4, 0.5) is 48.3 Å².